The Bertz CT molecular complexity index is 1030. The third-order valence-corrected chi connectivity index (χ3v) is 6.36. The van der Waals surface area contributed by atoms with Crippen LogP contribution in [0.2, 0.25) is 5.02 Å². The first-order valence-electron chi connectivity index (χ1n) is 9.54. The molecule has 0 aliphatic heterocycles. The lowest BCUT2D eigenvalue weighted by molar-refractivity contribution is 0.0789. The van der Waals surface area contributed by atoms with Crippen LogP contribution in [0.4, 0.5) is 0 Å². The van der Waals surface area contributed by atoms with E-state index in [1.165, 1.54) is 11.3 Å². The number of hydrogen-bond donors (Lipinski definition) is 0. The largest absolute Gasteiger partial charge is 0.489 e. The topological polar surface area (TPSA) is 47.4 Å². The van der Waals surface area contributed by atoms with Gasteiger partial charge in [0, 0.05) is 42.0 Å². The number of halogens is 1. The van der Waals surface area contributed by atoms with Gasteiger partial charge >= 0.3 is 0 Å². The highest BCUT2D eigenvalue weighted by Crippen LogP contribution is 2.24. The summed E-state index contributed by atoms with van der Waals surface area (Å²) in [5.41, 5.74) is 5.15. The predicted molar refractivity (Wildman–Crippen MR) is 118 cm³/mol. The minimum Gasteiger partial charge on any atom is -0.489 e. The van der Waals surface area contributed by atoms with Crippen LogP contribution in [0.15, 0.2) is 29.6 Å². The minimum atomic E-state index is 0.00614. The van der Waals surface area contributed by atoms with Gasteiger partial charge in [0.2, 0.25) is 0 Å². The Balaban J connectivity index is 1.64. The van der Waals surface area contributed by atoms with E-state index < -0.39 is 0 Å². The summed E-state index contributed by atoms with van der Waals surface area (Å²) >= 11 is 7.49. The molecule has 3 rings (SSSR count). The Morgan fingerprint density at radius 1 is 1.28 bits per heavy atom. The molecule has 0 radical (unpaired) electrons. The van der Waals surface area contributed by atoms with Crippen LogP contribution < -0.4 is 4.74 Å². The van der Waals surface area contributed by atoms with Crippen LogP contribution in [0, 0.1) is 20.8 Å². The van der Waals surface area contributed by atoms with Gasteiger partial charge in [-0.25, -0.2) is 0 Å². The molecule has 2 heterocycles. The van der Waals surface area contributed by atoms with Gasteiger partial charge in [-0.1, -0.05) is 11.6 Å². The number of rotatable bonds is 7. The highest BCUT2D eigenvalue weighted by Gasteiger charge is 2.18. The molecule has 0 atom stereocenters. The lowest BCUT2D eigenvalue weighted by Crippen LogP contribution is -2.26. The van der Waals surface area contributed by atoms with Crippen LogP contribution in [0.3, 0.4) is 0 Å². The summed E-state index contributed by atoms with van der Waals surface area (Å²) < 4.78 is 7.81. The predicted octanol–water partition coefficient (Wildman–Crippen LogP) is 5.39. The number of aryl methyl sites for hydroxylation is 3. The van der Waals surface area contributed by atoms with Crippen molar-refractivity contribution >= 4 is 28.8 Å². The van der Waals surface area contributed by atoms with E-state index in [2.05, 4.69) is 18.9 Å². The van der Waals surface area contributed by atoms with E-state index in [0.29, 0.717) is 18.0 Å². The fraction of sp³-hybridized carbons (Fsp3) is 0.364. The zero-order chi connectivity index (χ0) is 21.1. The number of thiophene rings is 1. The summed E-state index contributed by atoms with van der Waals surface area (Å²) in [7, 11) is 1.83. The molecule has 0 fully saturated rings. The van der Waals surface area contributed by atoms with E-state index in [1.807, 2.05) is 55.2 Å². The first-order chi connectivity index (χ1) is 13.8. The number of benzene rings is 1. The molecule has 0 spiro atoms. The third-order valence-electron chi connectivity index (χ3n) is 4.97. The van der Waals surface area contributed by atoms with E-state index in [0.717, 1.165) is 45.4 Å². The van der Waals surface area contributed by atoms with Gasteiger partial charge in [0.15, 0.2) is 0 Å². The number of ether oxygens (including phenoxy) is 1. The average molecular weight is 432 g/mol. The minimum absolute atomic E-state index is 0.00614. The van der Waals surface area contributed by atoms with Crippen LogP contribution in [0.1, 0.15) is 44.7 Å². The molecule has 154 valence electrons. The fourth-order valence-electron chi connectivity index (χ4n) is 3.20. The van der Waals surface area contributed by atoms with Gasteiger partial charge in [-0.05, 0) is 62.9 Å². The van der Waals surface area contributed by atoms with Crippen molar-refractivity contribution in [2.75, 3.05) is 7.05 Å². The van der Waals surface area contributed by atoms with Crippen LogP contribution in [-0.4, -0.2) is 27.6 Å². The van der Waals surface area contributed by atoms with E-state index in [1.54, 1.807) is 4.90 Å². The van der Waals surface area contributed by atoms with Crippen molar-refractivity contribution in [2.24, 2.45) is 0 Å². The van der Waals surface area contributed by atoms with Crippen LogP contribution in [0.5, 0.6) is 5.75 Å². The zero-order valence-corrected chi connectivity index (χ0v) is 19.0. The molecule has 7 heteroatoms. The SMILES string of the molecule is CCn1nc(C)c(CN(C)C(=O)c2cc(COc3ccc(Cl)c(C)c3)cs2)c1C. The van der Waals surface area contributed by atoms with E-state index in [9.17, 15) is 4.79 Å². The van der Waals surface area contributed by atoms with Crippen molar-refractivity contribution in [3.63, 3.8) is 0 Å². The molecule has 1 amide bonds. The zero-order valence-electron chi connectivity index (χ0n) is 17.5. The first kappa shape index (κ1) is 21.4. The second-order valence-corrected chi connectivity index (χ2v) is 8.46. The summed E-state index contributed by atoms with van der Waals surface area (Å²) in [5.74, 6) is 0.772. The monoisotopic (exact) mass is 431 g/mol. The molecule has 1 aromatic carbocycles. The van der Waals surface area contributed by atoms with Crippen molar-refractivity contribution in [3.8, 4) is 5.75 Å². The second kappa shape index (κ2) is 9.01. The summed E-state index contributed by atoms with van der Waals surface area (Å²) in [6.45, 7) is 9.84. The Morgan fingerprint density at radius 3 is 2.69 bits per heavy atom. The second-order valence-electron chi connectivity index (χ2n) is 7.15. The molecule has 29 heavy (non-hydrogen) atoms. The number of aromatic nitrogens is 2. The lowest BCUT2D eigenvalue weighted by Gasteiger charge is -2.16. The van der Waals surface area contributed by atoms with Gasteiger partial charge < -0.3 is 9.64 Å². The van der Waals surface area contributed by atoms with Gasteiger partial charge in [0.1, 0.15) is 12.4 Å². The van der Waals surface area contributed by atoms with Crippen molar-refractivity contribution < 1.29 is 9.53 Å². The normalized spacial score (nSPS) is 11.0. The Kier molecular flexibility index (Phi) is 6.65. The van der Waals surface area contributed by atoms with Gasteiger partial charge in [-0.15, -0.1) is 11.3 Å². The molecule has 0 N–H and O–H groups in total. The van der Waals surface area contributed by atoms with Crippen molar-refractivity contribution in [1.82, 2.24) is 14.7 Å². The van der Waals surface area contributed by atoms with E-state index in [-0.39, 0.29) is 5.91 Å². The maximum Gasteiger partial charge on any atom is 0.263 e. The van der Waals surface area contributed by atoms with Gasteiger partial charge in [-0.2, -0.15) is 5.10 Å². The third kappa shape index (κ3) is 4.82. The number of nitrogens with zero attached hydrogens (tertiary/aromatic N) is 3. The molecule has 3 aromatic rings. The molecule has 0 aliphatic carbocycles. The number of hydrogen-bond acceptors (Lipinski definition) is 4. The van der Waals surface area contributed by atoms with Crippen LogP contribution >= 0.6 is 22.9 Å². The number of amides is 1. The molecular weight excluding hydrogens is 406 g/mol. The summed E-state index contributed by atoms with van der Waals surface area (Å²) in [4.78, 5) is 15.3. The van der Waals surface area contributed by atoms with E-state index in [4.69, 9.17) is 16.3 Å². The van der Waals surface area contributed by atoms with Crippen LogP contribution in [0.25, 0.3) is 0 Å². The molecule has 0 saturated carbocycles. The van der Waals surface area contributed by atoms with Crippen molar-refractivity contribution in [1.29, 1.82) is 0 Å². The maximum absolute atomic E-state index is 12.9. The summed E-state index contributed by atoms with van der Waals surface area (Å²) in [5, 5.41) is 7.23. The average Bonchev–Trinajstić information content (AvgIpc) is 3.28. The van der Waals surface area contributed by atoms with Gasteiger partial charge in [-0.3, -0.25) is 9.48 Å². The molecule has 0 unspecified atom stereocenters. The highest BCUT2D eigenvalue weighted by atomic mass is 35.5. The van der Waals surface area contributed by atoms with E-state index >= 15 is 0 Å². The Morgan fingerprint density at radius 2 is 2.03 bits per heavy atom. The highest BCUT2D eigenvalue weighted by molar-refractivity contribution is 7.12. The smallest absolute Gasteiger partial charge is 0.263 e. The summed E-state index contributed by atoms with van der Waals surface area (Å²) in [6, 6.07) is 7.49. The van der Waals surface area contributed by atoms with Gasteiger partial charge in [0.25, 0.3) is 5.91 Å². The standard InChI is InChI=1S/C22H26ClN3O2S/c1-6-26-16(4)19(15(3)24-26)11-25(5)22(27)21-10-17(13-29-21)12-28-18-7-8-20(23)14(2)9-18/h7-10,13H,6,11-12H2,1-5H3. The number of carbonyl (C=O) groups is 1. The molecule has 0 saturated heterocycles. The summed E-state index contributed by atoms with van der Waals surface area (Å²) in [6.07, 6.45) is 0. The number of carbonyl (C=O) groups excluding carboxylic acids is 1. The van der Waals surface area contributed by atoms with Gasteiger partial charge in [0.05, 0.1) is 10.6 Å². The molecule has 0 aliphatic rings. The molecule has 0 bridgehead atoms. The first-order valence-corrected chi connectivity index (χ1v) is 10.8. The molecule has 2 aromatic heterocycles. The van der Waals surface area contributed by atoms with Crippen molar-refractivity contribution in [3.05, 3.63) is 67.6 Å². The molecular formula is C22H26ClN3O2S. The Labute approximate surface area is 180 Å². The molecule has 5 nitrogen and oxygen atoms in total. The van der Waals surface area contributed by atoms with Crippen LogP contribution in [-0.2, 0) is 19.7 Å². The van der Waals surface area contributed by atoms with Crippen molar-refractivity contribution in [2.45, 2.75) is 47.4 Å². The quantitative estimate of drug-likeness (QED) is 0.503. The Hall–Kier alpha value is -2.31. The maximum atomic E-state index is 12.9. The fourth-order valence-corrected chi connectivity index (χ4v) is 4.21. The lowest BCUT2D eigenvalue weighted by atomic mass is 10.2.